The summed E-state index contributed by atoms with van der Waals surface area (Å²) in [5, 5.41) is 12.2. The monoisotopic (exact) mass is 373 g/mol. The Hall–Kier alpha value is -3.40. The number of nitrogens with one attached hydrogen (secondary N) is 1. The van der Waals surface area contributed by atoms with Crippen LogP contribution in [0.3, 0.4) is 0 Å². The molecule has 1 amide bonds. The van der Waals surface area contributed by atoms with Crippen molar-refractivity contribution in [2.24, 2.45) is 0 Å². The van der Waals surface area contributed by atoms with E-state index in [9.17, 15) is 14.7 Å². The quantitative estimate of drug-likeness (QED) is 0.673. The Morgan fingerprint density at radius 3 is 1.96 bits per heavy atom. The molecule has 2 N–H and O–H groups in total. The van der Waals surface area contributed by atoms with Gasteiger partial charge in [0.05, 0.1) is 0 Å². The number of carboxylic acids is 1. The second-order valence-electron chi connectivity index (χ2n) is 6.88. The first-order chi connectivity index (χ1) is 13.5. The smallest absolute Gasteiger partial charge is 0.326 e. The molecule has 0 aliphatic heterocycles. The van der Waals surface area contributed by atoms with Gasteiger partial charge in [-0.15, -0.1) is 0 Å². The van der Waals surface area contributed by atoms with Crippen LogP contribution in [0.4, 0.5) is 0 Å². The number of hydrogen-bond acceptors (Lipinski definition) is 2. The molecule has 1 atom stereocenters. The summed E-state index contributed by atoms with van der Waals surface area (Å²) in [5.41, 5.74) is 5.50. The second-order valence-corrected chi connectivity index (χ2v) is 6.88. The number of aliphatic carboxylic acids is 1. The molecule has 0 unspecified atom stereocenters. The Labute approximate surface area is 164 Å². The molecule has 0 radical (unpaired) electrons. The molecule has 0 aliphatic carbocycles. The van der Waals surface area contributed by atoms with E-state index in [2.05, 4.69) is 5.32 Å². The lowest BCUT2D eigenvalue weighted by Crippen LogP contribution is -2.42. The molecule has 142 valence electrons. The molecule has 0 saturated carbocycles. The average molecular weight is 373 g/mol. The highest BCUT2D eigenvalue weighted by molar-refractivity contribution is 5.97. The summed E-state index contributed by atoms with van der Waals surface area (Å²) in [4.78, 5) is 24.3. The van der Waals surface area contributed by atoms with Gasteiger partial charge < -0.3 is 10.4 Å². The van der Waals surface area contributed by atoms with E-state index in [1.54, 1.807) is 12.1 Å². The summed E-state index contributed by atoms with van der Waals surface area (Å²) in [7, 11) is 0. The number of rotatable bonds is 6. The molecular weight excluding hydrogens is 350 g/mol. The second kappa shape index (κ2) is 8.53. The van der Waals surface area contributed by atoms with Gasteiger partial charge in [0.2, 0.25) is 0 Å². The minimum atomic E-state index is -1.04. The highest BCUT2D eigenvalue weighted by Crippen LogP contribution is 2.20. The Balaban J connectivity index is 1.75. The summed E-state index contributed by atoms with van der Waals surface area (Å²) in [6, 6.07) is 21.9. The van der Waals surface area contributed by atoms with Crippen LogP contribution in [0, 0.1) is 13.8 Å². The van der Waals surface area contributed by atoms with E-state index < -0.39 is 17.9 Å². The van der Waals surface area contributed by atoms with Crippen LogP contribution in [0.25, 0.3) is 11.1 Å². The average Bonchev–Trinajstić information content (AvgIpc) is 2.70. The van der Waals surface area contributed by atoms with E-state index in [-0.39, 0.29) is 6.42 Å². The number of carboxylic acid groups (broad SMARTS) is 1. The maximum atomic E-state index is 12.6. The van der Waals surface area contributed by atoms with Crippen molar-refractivity contribution in [1.29, 1.82) is 0 Å². The molecular formula is C24H23NO3. The van der Waals surface area contributed by atoms with Crippen LogP contribution in [0.15, 0.2) is 72.8 Å². The summed E-state index contributed by atoms with van der Waals surface area (Å²) in [6.45, 7) is 3.90. The van der Waals surface area contributed by atoms with Crippen LogP contribution in [0.2, 0.25) is 0 Å². The molecule has 3 rings (SSSR count). The fourth-order valence-electron chi connectivity index (χ4n) is 3.26. The molecule has 0 spiro atoms. The van der Waals surface area contributed by atoms with Gasteiger partial charge in [0, 0.05) is 12.0 Å². The fourth-order valence-corrected chi connectivity index (χ4v) is 3.26. The minimum absolute atomic E-state index is 0.252. The number of benzene rings is 3. The van der Waals surface area contributed by atoms with Crippen molar-refractivity contribution < 1.29 is 14.7 Å². The number of aryl methyl sites for hydroxylation is 2. The lowest BCUT2D eigenvalue weighted by Gasteiger charge is -2.17. The van der Waals surface area contributed by atoms with Crippen LogP contribution >= 0.6 is 0 Å². The van der Waals surface area contributed by atoms with Gasteiger partial charge in [-0.1, -0.05) is 60.7 Å². The van der Waals surface area contributed by atoms with Crippen molar-refractivity contribution in [3.63, 3.8) is 0 Å². The van der Waals surface area contributed by atoms with Crippen LogP contribution in [0.5, 0.6) is 0 Å². The highest BCUT2D eigenvalue weighted by atomic mass is 16.4. The fraction of sp³-hybridized carbons (Fsp3) is 0.167. The normalized spacial score (nSPS) is 11.6. The molecule has 28 heavy (non-hydrogen) atoms. The maximum absolute atomic E-state index is 12.6. The van der Waals surface area contributed by atoms with E-state index in [1.165, 1.54) is 0 Å². The zero-order valence-corrected chi connectivity index (χ0v) is 16.0. The van der Waals surface area contributed by atoms with E-state index >= 15 is 0 Å². The van der Waals surface area contributed by atoms with Crippen molar-refractivity contribution in [3.05, 3.63) is 95.1 Å². The van der Waals surface area contributed by atoms with Crippen LogP contribution in [-0.4, -0.2) is 23.0 Å². The van der Waals surface area contributed by atoms with Gasteiger partial charge in [-0.3, -0.25) is 4.79 Å². The predicted octanol–water partition coefficient (Wildman–Crippen LogP) is 4.40. The number of carbonyl (C=O) groups excluding carboxylic acids is 1. The SMILES string of the molecule is Cc1cccc(C)c1C[C@H](NC(=O)c1ccc(-c2ccccc2)cc1)C(=O)O. The summed E-state index contributed by atoms with van der Waals surface area (Å²) in [5.74, 6) is -1.44. The van der Waals surface area contributed by atoms with Gasteiger partial charge in [-0.25, -0.2) is 4.79 Å². The third-order valence-electron chi connectivity index (χ3n) is 4.91. The minimum Gasteiger partial charge on any atom is -0.480 e. The predicted molar refractivity (Wildman–Crippen MR) is 110 cm³/mol. The van der Waals surface area contributed by atoms with E-state index in [0.29, 0.717) is 5.56 Å². The summed E-state index contributed by atoms with van der Waals surface area (Å²) in [6.07, 6.45) is 0.252. The molecule has 0 saturated heterocycles. The molecule has 0 heterocycles. The first kappa shape index (κ1) is 19.4. The van der Waals surface area contributed by atoms with Crippen molar-refractivity contribution in [3.8, 4) is 11.1 Å². The third-order valence-corrected chi connectivity index (χ3v) is 4.91. The Bertz CT molecular complexity index is 958. The zero-order chi connectivity index (χ0) is 20.1. The van der Waals surface area contributed by atoms with Crippen LogP contribution < -0.4 is 5.32 Å². The van der Waals surface area contributed by atoms with E-state index in [4.69, 9.17) is 0 Å². The highest BCUT2D eigenvalue weighted by Gasteiger charge is 2.22. The van der Waals surface area contributed by atoms with Gasteiger partial charge in [0.1, 0.15) is 6.04 Å². The first-order valence-corrected chi connectivity index (χ1v) is 9.20. The van der Waals surface area contributed by atoms with Gasteiger partial charge >= 0.3 is 5.97 Å². The molecule has 3 aromatic rings. The van der Waals surface area contributed by atoms with Gasteiger partial charge in [-0.05, 0) is 53.8 Å². The summed E-state index contributed by atoms with van der Waals surface area (Å²) < 4.78 is 0. The van der Waals surface area contributed by atoms with Gasteiger partial charge in [0.15, 0.2) is 0 Å². The third kappa shape index (κ3) is 4.46. The van der Waals surface area contributed by atoms with Crippen LogP contribution in [-0.2, 0) is 11.2 Å². The van der Waals surface area contributed by atoms with E-state index in [1.807, 2.05) is 74.5 Å². The maximum Gasteiger partial charge on any atom is 0.326 e. The lowest BCUT2D eigenvalue weighted by atomic mass is 9.96. The van der Waals surface area contributed by atoms with Crippen molar-refractivity contribution in [2.75, 3.05) is 0 Å². The van der Waals surface area contributed by atoms with Gasteiger partial charge in [0.25, 0.3) is 5.91 Å². The standard InChI is InChI=1S/C24H23NO3/c1-16-7-6-8-17(2)21(16)15-22(24(27)28)25-23(26)20-13-11-19(12-14-20)18-9-4-3-5-10-18/h3-14,22H,15H2,1-2H3,(H,25,26)(H,27,28)/t22-/m0/s1. The Kier molecular flexibility index (Phi) is 5.90. The summed E-state index contributed by atoms with van der Waals surface area (Å²) >= 11 is 0. The molecule has 0 aliphatic rings. The van der Waals surface area contributed by atoms with Crippen molar-refractivity contribution >= 4 is 11.9 Å². The number of hydrogen-bond donors (Lipinski definition) is 2. The molecule has 3 aromatic carbocycles. The Morgan fingerprint density at radius 2 is 1.39 bits per heavy atom. The first-order valence-electron chi connectivity index (χ1n) is 9.20. The Morgan fingerprint density at radius 1 is 0.821 bits per heavy atom. The molecule has 0 fully saturated rings. The van der Waals surface area contributed by atoms with Crippen LogP contribution in [0.1, 0.15) is 27.0 Å². The largest absolute Gasteiger partial charge is 0.480 e. The molecule has 4 heteroatoms. The van der Waals surface area contributed by atoms with Crippen molar-refractivity contribution in [1.82, 2.24) is 5.32 Å². The van der Waals surface area contributed by atoms with Gasteiger partial charge in [-0.2, -0.15) is 0 Å². The lowest BCUT2D eigenvalue weighted by molar-refractivity contribution is -0.139. The number of amides is 1. The number of carbonyl (C=O) groups is 2. The molecule has 4 nitrogen and oxygen atoms in total. The van der Waals surface area contributed by atoms with E-state index in [0.717, 1.165) is 27.8 Å². The van der Waals surface area contributed by atoms with Crippen molar-refractivity contribution in [2.45, 2.75) is 26.3 Å². The topological polar surface area (TPSA) is 66.4 Å². The molecule has 0 bridgehead atoms. The zero-order valence-electron chi connectivity index (χ0n) is 16.0. The molecule has 0 aromatic heterocycles.